The van der Waals surface area contributed by atoms with Crippen molar-refractivity contribution in [2.24, 2.45) is 17.5 Å². The first-order valence-corrected chi connectivity index (χ1v) is 7.32. The molecule has 0 bridgehead atoms. The van der Waals surface area contributed by atoms with E-state index in [0.29, 0.717) is 12.0 Å². The van der Waals surface area contributed by atoms with Crippen LogP contribution in [0.15, 0.2) is 17.3 Å². The van der Waals surface area contributed by atoms with Crippen molar-refractivity contribution in [3.63, 3.8) is 0 Å². The molecule has 1 fully saturated rings. The molecule has 2 rings (SSSR count). The molecule has 0 radical (unpaired) electrons. The Kier molecular flexibility index (Phi) is 3.80. The highest BCUT2D eigenvalue weighted by Gasteiger charge is 2.53. The first-order chi connectivity index (χ1) is 9.29. The number of aryl methyl sites for hydroxylation is 1. The van der Waals surface area contributed by atoms with Crippen molar-refractivity contribution in [3.8, 4) is 0 Å². The molecule has 0 atom stereocenters. The molecule has 0 aliphatic carbocycles. The average Bonchev–Trinajstić information content (AvgIpc) is 2.77. The predicted molar refractivity (Wildman–Crippen MR) is 82.6 cm³/mol. The largest absolute Gasteiger partial charge is 0.356 e. The Morgan fingerprint density at radius 1 is 1.40 bits per heavy atom. The second-order valence-corrected chi connectivity index (χ2v) is 6.65. The lowest BCUT2D eigenvalue weighted by Crippen LogP contribution is -2.72. The second kappa shape index (κ2) is 5.11. The highest BCUT2D eigenvalue weighted by atomic mass is 15.4. The van der Waals surface area contributed by atoms with E-state index in [9.17, 15) is 0 Å². The van der Waals surface area contributed by atoms with Crippen molar-refractivity contribution in [1.82, 2.24) is 20.0 Å². The van der Waals surface area contributed by atoms with Crippen LogP contribution < -0.4 is 5.32 Å². The van der Waals surface area contributed by atoms with Gasteiger partial charge in [-0.25, -0.2) is 4.99 Å². The molecule has 112 valence electrons. The molecular formula is C15H27N5. The van der Waals surface area contributed by atoms with Gasteiger partial charge in [-0.3, -0.25) is 4.68 Å². The predicted octanol–water partition coefficient (Wildman–Crippen LogP) is 2.01. The van der Waals surface area contributed by atoms with E-state index in [1.165, 1.54) is 0 Å². The number of aromatic nitrogens is 2. The highest BCUT2D eigenvalue weighted by molar-refractivity contribution is 5.82. The molecule has 5 heteroatoms. The number of hydrogen-bond acceptors (Lipinski definition) is 2. The van der Waals surface area contributed by atoms with Gasteiger partial charge in [0.2, 0.25) is 0 Å². The number of nitrogens with zero attached hydrogens (tertiary/aromatic N) is 4. The Morgan fingerprint density at radius 2 is 2.10 bits per heavy atom. The van der Waals surface area contributed by atoms with E-state index >= 15 is 0 Å². The molecule has 1 aromatic heterocycles. The maximum absolute atomic E-state index is 4.77. The minimum absolute atomic E-state index is 0.125. The number of nitrogens with one attached hydrogen (secondary N) is 1. The molecule has 1 aromatic rings. The minimum Gasteiger partial charge on any atom is -0.356 e. The molecule has 2 heterocycles. The smallest absolute Gasteiger partial charge is 0.194 e. The Balaban J connectivity index is 2.14. The van der Waals surface area contributed by atoms with E-state index in [1.807, 2.05) is 24.0 Å². The van der Waals surface area contributed by atoms with Crippen LogP contribution in [0.1, 0.15) is 40.3 Å². The molecule has 1 aliphatic heterocycles. The zero-order valence-corrected chi connectivity index (χ0v) is 13.6. The van der Waals surface area contributed by atoms with Crippen LogP contribution in [-0.2, 0) is 13.6 Å². The van der Waals surface area contributed by atoms with Gasteiger partial charge in [0.05, 0.1) is 12.2 Å². The summed E-state index contributed by atoms with van der Waals surface area (Å²) in [4.78, 5) is 7.14. The van der Waals surface area contributed by atoms with Crippen molar-refractivity contribution in [2.45, 2.75) is 46.7 Å². The van der Waals surface area contributed by atoms with E-state index in [-0.39, 0.29) is 5.54 Å². The van der Waals surface area contributed by atoms with Gasteiger partial charge < -0.3 is 10.2 Å². The normalized spacial score (nSPS) is 20.7. The minimum atomic E-state index is 0.125. The van der Waals surface area contributed by atoms with Gasteiger partial charge in [-0.1, -0.05) is 13.8 Å². The average molecular weight is 277 g/mol. The number of guanidine groups is 1. The maximum Gasteiger partial charge on any atom is 0.194 e. The molecule has 0 amide bonds. The molecule has 20 heavy (non-hydrogen) atoms. The Hall–Kier alpha value is -1.52. The SMILES string of the molecule is CCNC(=NCc1ccnn1C)N1CC(C)(C)C1(C)C. The van der Waals surface area contributed by atoms with Crippen molar-refractivity contribution < 1.29 is 0 Å². The molecule has 1 aliphatic rings. The Labute approximate surface area is 122 Å². The Morgan fingerprint density at radius 3 is 2.55 bits per heavy atom. The van der Waals surface area contributed by atoms with Gasteiger partial charge in [0.1, 0.15) is 0 Å². The number of rotatable bonds is 3. The van der Waals surface area contributed by atoms with Crippen molar-refractivity contribution in [2.75, 3.05) is 13.1 Å². The van der Waals surface area contributed by atoms with Crippen LogP contribution in [0.3, 0.4) is 0 Å². The molecule has 0 unspecified atom stereocenters. The standard InChI is InChI=1S/C15H27N5/c1-7-16-13(17-10-12-8-9-18-19(12)6)20-11-14(2,3)15(20,4)5/h8-9H,7,10-11H2,1-6H3,(H,16,17). The molecule has 0 aromatic carbocycles. The lowest BCUT2D eigenvalue weighted by molar-refractivity contribution is -0.0667. The summed E-state index contributed by atoms with van der Waals surface area (Å²) in [6, 6.07) is 2.01. The quantitative estimate of drug-likeness (QED) is 0.679. The fourth-order valence-corrected chi connectivity index (χ4v) is 2.51. The summed E-state index contributed by atoms with van der Waals surface area (Å²) < 4.78 is 1.87. The molecule has 0 saturated carbocycles. The molecule has 5 nitrogen and oxygen atoms in total. The summed E-state index contributed by atoms with van der Waals surface area (Å²) in [5, 5.41) is 7.59. The van der Waals surface area contributed by atoms with Gasteiger partial charge in [0.15, 0.2) is 5.96 Å². The van der Waals surface area contributed by atoms with E-state index in [4.69, 9.17) is 4.99 Å². The van der Waals surface area contributed by atoms with Gasteiger partial charge >= 0.3 is 0 Å². The third-order valence-electron chi connectivity index (χ3n) is 4.79. The summed E-state index contributed by atoms with van der Waals surface area (Å²) in [6.07, 6.45) is 1.81. The summed E-state index contributed by atoms with van der Waals surface area (Å²) >= 11 is 0. The molecule has 1 N–H and O–H groups in total. The molecule has 1 saturated heterocycles. The van der Waals surface area contributed by atoms with Crippen LogP contribution in [0.25, 0.3) is 0 Å². The number of hydrogen-bond donors (Lipinski definition) is 1. The fraction of sp³-hybridized carbons (Fsp3) is 0.733. The van der Waals surface area contributed by atoms with E-state index in [1.54, 1.807) is 0 Å². The zero-order chi connectivity index (χ0) is 15.0. The van der Waals surface area contributed by atoms with Crippen LogP contribution in [0.5, 0.6) is 0 Å². The van der Waals surface area contributed by atoms with Crippen LogP contribution in [0, 0.1) is 5.41 Å². The first kappa shape index (κ1) is 14.9. The van der Waals surface area contributed by atoms with E-state index in [2.05, 4.69) is 49.9 Å². The fourth-order valence-electron chi connectivity index (χ4n) is 2.51. The van der Waals surface area contributed by atoms with Gasteiger partial charge in [0, 0.05) is 37.3 Å². The van der Waals surface area contributed by atoms with Gasteiger partial charge in [-0.05, 0) is 26.8 Å². The third-order valence-corrected chi connectivity index (χ3v) is 4.79. The van der Waals surface area contributed by atoms with Crippen LogP contribution >= 0.6 is 0 Å². The van der Waals surface area contributed by atoms with Crippen molar-refractivity contribution >= 4 is 5.96 Å². The lowest BCUT2D eigenvalue weighted by atomic mass is 9.65. The van der Waals surface area contributed by atoms with Crippen LogP contribution in [0.4, 0.5) is 0 Å². The van der Waals surface area contributed by atoms with E-state index < -0.39 is 0 Å². The van der Waals surface area contributed by atoms with Gasteiger partial charge in [-0.15, -0.1) is 0 Å². The summed E-state index contributed by atoms with van der Waals surface area (Å²) in [7, 11) is 1.95. The monoisotopic (exact) mass is 277 g/mol. The van der Waals surface area contributed by atoms with E-state index in [0.717, 1.165) is 24.7 Å². The number of aliphatic imine (C=N–C) groups is 1. The van der Waals surface area contributed by atoms with Crippen molar-refractivity contribution in [1.29, 1.82) is 0 Å². The Bertz CT molecular complexity index is 498. The van der Waals surface area contributed by atoms with Crippen LogP contribution in [-0.4, -0.2) is 39.3 Å². The van der Waals surface area contributed by atoms with Gasteiger partial charge in [0.25, 0.3) is 0 Å². The second-order valence-electron chi connectivity index (χ2n) is 6.65. The summed E-state index contributed by atoms with van der Waals surface area (Å²) in [5.74, 6) is 0.998. The summed E-state index contributed by atoms with van der Waals surface area (Å²) in [5.41, 5.74) is 1.56. The molecular weight excluding hydrogens is 250 g/mol. The lowest BCUT2D eigenvalue weighted by Gasteiger charge is -2.62. The topological polar surface area (TPSA) is 45.5 Å². The number of likely N-dealkylation sites (tertiary alicyclic amines) is 1. The van der Waals surface area contributed by atoms with Crippen LogP contribution in [0.2, 0.25) is 0 Å². The third kappa shape index (κ3) is 2.41. The van der Waals surface area contributed by atoms with Gasteiger partial charge in [-0.2, -0.15) is 5.10 Å². The highest BCUT2D eigenvalue weighted by Crippen LogP contribution is 2.46. The zero-order valence-electron chi connectivity index (χ0n) is 13.6. The maximum atomic E-state index is 4.77. The molecule has 0 spiro atoms. The summed E-state index contributed by atoms with van der Waals surface area (Å²) in [6.45, 7) is 13.9. The first-order valence-electron chi connectivity index (χ1n) is 7.32. The van der Waals surface area contributed by atoms with Crippen molar-refractivity contribution in [3.05, 3.63) is 18.0 Å².